The fourth-order valence-electron chi connectivity index (χ4n) is 1.25. The molecule has 2 N–H and O–H groups in total. The summed E-state index contributed by atoms with van der Waals surface area (Å²) in [4.78, 5) is 23.1. The highest BCUT2D eigenvalue weighted by Gasteiger charge is 2.19. The standard InChI is InChI=1S/C11H10N2O4S/c1-6(11(15)16)12-10(14)7-5-8(17-13-7)9-3-2-4-18-9/h2-6H,1H3,(H,12,14)(H,15,16)/t6-/m0/s1. The molecule has 0 aliphatic heterocycles. The number of amides is 1. The minimum absolute atomic E-state index is 0.0616. The number of nitrogens with zero attached hydrogens (tertiary/aromatic N) is 1. The molecule has 18 heavy (non-hydrogen) atoms. The molecule has 0 aliphatic rings. The molecule has 0 bridgehead atoms. The van der Waals surface area contributed by atoms with Crippen molar-refractivity contribution in [1.82, 2.24) is 10.5 Å². The lowest BCUT2D eigenvalue weighted by Crippen LogP contribution is -2.38. The average Bonchev–Trinajstić information content (AvgIpc) is 2.99. The van der Waals surface area contributed by atoms with E-state index in [1.807, 2.05) is 17.5 Å². The Labute approximate surface area is 106 Å². The highest BCUT2D eigenvalue weighted by atomic mass is 32.1. The van der Waals surface area contributed by atoms with Gasteiger partial charge < -0.3 is 14.9 Å². The molecule has 2 rings (SSSR count). The molecule has 2 aromatic rings. The van der Waals surface area contributed by atoms with Crippen molar-refractivity contribution in [2.24, 2.45) is 0 Å². The maximum absolute atomic E-state index is 11.6. The first-order chi connectivity index (χ1) is 8.58. The van der Waals surface area contributed by atoms with E-state index in [1.54, 1.807) is 0 Å². The Morgan fingerprint density at radius 2 is 2.33 bits per heavy atom. The minimum atomic E-state index is -1.11. The second kappa shape index (κ2) is 5.01. The Kier molecular flexibility index (Phi) is 3.42. The number of carbonyl (C=O) groups excluding carboxylic acids is 1. The van der Waals surface area contributed by atoms with Gasteiger partial charge in [0.2, 0.25) is 0 Å². The van der Waals surface area contributed by atoms with E-state index in [4.69, 9.17) is 9.63 Å². The van der Waals surface area contributed by atoms with Gasteiger partial charge in [0.25, 0.3) is 5.91 Å². The van der Waals surface area contributed by atoms with Gasteiger partial charge in [-0.2, -0.15) is 0 Å². The lowest BCUT2D eigenvalue weighted by Gasteiger charge is -2.06. The largest absolute Gasteiger partial charge is 0.480 e. The van der Waals surface area contributed by atoms with Crippen molar-refractivity contribution >= 4 is 23.2 Å². The number of carbonyl (C=O) groups is 2. The van der Waals surface area contributed by atoms with Gasteiger partial charge >= 0.3 is 5.97 Å². The SMILES string of the molecule is C[C@H](NC(=O)c1cc(-c2cccs2)on1)C(=O)O. The Morgan fingerprint density at radius 3 is 2.94 bits per heavy atom. The lowest BCUT2D eigenvalue weighted by atomic mass is 10.3. The number of hydrogen-bond donors (Lipinski definition) is 2. The van der Waals surface area contributed by atoms with E-state index < -0.39 is 17.9 Å². The second-order valence-electron chi connectivity index (χ2n) is 3.59. The lowest BCUT2D eigenvalue weighted by molar-refractivity contribution is -0.138. The first-order valence-electron chi connectivity index (χ1n) is 5.12. The molecule has 0 fully saturated rings. The number of hydrogen-bond acceptors (Lipinski definition) is 5. The summed E-state index contributed by atoms with van der Waals surface area (Å²) in [6, 6.07) is 4.21. The molecule has 0 radical (unpaired) electrons. The highest BCUT2D eigenvalue weighted by molar-refractivity contribution is 7.13. The van der Waals surface area contributed by atoms with Crippen LogP contribution in [0.15, 0.2) is 28.1 Å². The van der Waals surface area contributed by atoms with E-state index in [2.05, 4.69) is 10.5 Å². The van der Waals surface area contributed by atoms with Crippen molar-refractivity contribution in [1.29, 1.82) is 0 Å². The van der Waals surface area contributed by atoms with Crippen molar-refractivity contribution in [3.8, 4) is 10.6 Å². The van der Waals surface area contributed by atoms with Gasteiger partial charge in [0.1, 0.15) is 6.04 Å². The van der Waals surface area contributed by atoms with Crippen LogP contribution in [0.2, 0.25) is 0 Å². The Hall–Kier alpha value is -2.15. The van der Waals surface area contributed by atoms with Crippen LogP contribution in [-0.2, 0) is 4.79 Å². The van der Waals surface area contributed by atoms with Crippen LogP contribution in [0.5, 0.6) is 0 Å². The molecule has 0 saturated carbocycles. The van der Waals surface area contributed by atoms with Crippen LogP contribution in [0.3, 0.4) is 0 Å². The molecule has 0 saturated heterocycles. The molecule has 94 valence electrons. The maximum Gasteiger partial charge on any atom is 0.325 e. The number of aliphatic carboxylic acids is 1. The summed E-state index contributed by atoms with van der Waals surface area (Å²) in [5.41, 5.74) is 0.0616. The van der Waals surface area contributed by atoms with E-state index in [1.165, 1.54) is 24.3 Å². The normalized spacial score (nSPS) is 12.1. The minimum Gasteiger partial charge on any atom is -0.480 e. The zero-order valence-electron chi connectivity index (χ0n) is 9.41. The summed E-state index contributed by atoms with van der Waals surface area (Å²) in [6.45, 7) is 1.38. The monoisotopic (exact) mass is 266 g/mol. The molecule has 6 nitrogen and oxygen atoms in total. The Morgan fingerprint density at radius 1 is 1.56 bits per heavy atom. The van der Waals surface area contributed by atoms with Crippen molar-refractivity contribution in [2.75, 3.05) is 0 Å². The molecule has 7 heteroatoms. The number of rotatable bonds is 4. The summed E-state index contributed by atoms with van der Waals surface area (Å²) < 4.78 is 5.02. The van der Waals surface area contributed by atoms with Gasteiger partial charge in [0.05, 0.1) is 4.88 Å². The van der Waals surface area contributed by atoms with Gasteiger partial charge in [-0.1, -0.05) is 11.2 Å². The molecule has 1 amide bonds. The number of nitrogens with one attached hydrogen (secondary N) is 1. The third-order valence-electron chi connectivity index (χ3n) is 2.22. The average molecular weight is 266 g/mol. The van der Waals surface area contributed by atoms with Gasteiger partial charge in [-0.05, 0) is 18.4 Å². The molecule has 0 spiro atoms. The Balaban J connectivity index is 2.11. The molecular formula is C11H10N2O4S. The van der Waals surface area contributed by atoms with Crippen molar-refractivity contribution in [2.45, 2.75) is 13.0 Å². The van der Waals surface area contributed by atoms with Crippen LogP contribution in [0.25, 0.3) is 10.6 Å². The fourth-order valence-corrected chi connectivity index (χ4v) is 1.92. The molecule has 0 aliphatic carbocycles. The number of thiophene rings is 1. The number of carboxylic acid groups (broad SMARTS) is 1. The molecular weight excluding hydrogens is 256 g/mol. The van der Waals surface area contributed by atoms with Crippen LogP contribution < -0.4 is 5.32 Å². The predicted molar refractivity (Wildman–Crippen MR) is 64.4 cm³/mol. The molecule has 2 aromatic heterocycles. The number of aromatic nitrogens is 1. The second-order valence-corrected chi connectivity index (χ2v) is 4.53. The van der Waals surface area contributed by atoms with E-state index in [0.29, 0.717) is 5.76 Å². The molecule has 2 heterocycles. The van der Waals surface area contributed by atoms with E-state index in [9.17, 15) is 9.59 Å². The van der Waals surface area contributed by atoms with Crippen LogP contribution >= 0.6 is 11.3 Å². The smallest absolute Gasteiger partial charge is 0.325 e. The fraction of sp³-hybridized carbons (Fsp3) is 0.182. The van der Waals surface area contributed by atoms with Gasteiger partial charge in [-0.3, -0.25) is 9.59 Å². The summed E-state index contributed by atoms with van der Waals surface area (Å²) in [5, 5.41) is 16.5. The Bertz CT molecular complexity index is 561. The van der Waals surface area contributed by atoms with Crippen LogP contribution in [0, 0.1) is 0 Å². The van der Waals surface area contributed by atoms with E-state index >= 15 is 0 Å². The predicted octanol–water partition coefficient (Wildman–Crippen LogP) is 1.61. The molecule has 0 unspecified atom stereocenters. The summed E-state index contributed by atoms with van der Waals surface area (Å²) in [5.74, 6) is -1.19. The maximum atomic E-state index is 11.6. The van der Waals surface area contributed by atoms with E-state index in [-0.39, 0.29) is 5.69 Å². The highest BCUT2D eigenvalue weighted by Crippen LogP contribution is 2.24. The first-order valence-corrected chi connectivity index (χ1v) is 6.00. The van der Waals surface area contributed by atoms with Gasteiger partial charge in [0, 0.05) is 6.07 Å². The van der Waals surface area contributed by atoms with Gasteiger partial charge in [0.15, 0.2) is 11.5 Å². The topological polar surface area (TPSA) is 92.4 Å². The third kappa shape index (κ3) is 2.57. The zero-order valence-corrected chi connectivity index (χ0v) is 10.2. The first kappa shape index (κ1) is 12.3. The van der Waals surface area contributed by atoms with Gasteiger partial charge in [-0.15, -0.1) is 11.3 Å². The van der Waals surface area contributed by atoms with Crippen molar-refractivity contribution in [3.63, 3.8) is 0 Å². The number of carboxylic acids is 1. The zero-order chi connectivity index (χ0) is 13.1. The van der Waals surface area contributed by atoms with E-state index in [0.717, 1.165) is 4.88 Å². The van der Waals surface area contributed by atoms with Crippen molar-refractivity contribution in [3.05, 3.63) is 29.3 Å². The van der Waals surface area contributed by atoms with Crippen LogP contribution in [-0.4, -0.2) is 28.2 Å². The summed E-state index contributed by atoms with van der Waals surface area (Å²) >= 11 is 1.46. The molecule has 0 aromatic carbocycles. The van der Waals surface area contributed by atoms with Crippen LogP contribution in [0.4, 0.5) is 0 Å². The molecule has 1 atom stereocenters. The summed E-state index contributed by atoms with van der Waals surface area (Å²) in [7, 11) is 0. The summed E-state index contributed by atoms with van der Waals surface area (Å²) in [6.07, 6.45) is 0. The quantitative estimate of drug-likeness (QED) is 0.877. The van der Waals surface area contributed by atoms with Crippen LogP contribution in [0.1, 0.15) is 17.4 Å². The van der Waals surface area contributed by atoms with Gasteiger partial charge in [-0.25, -0.2) is 0 Å². The third-order valence-corrected chi connectivity index (χ3v) is 3.11. The van der Waals surface area contributed by atoms with Crippen molar-refractivity contribution < 1.29 is 19.2 Å².